The van der Waals surface area contributed by atoms with E-state index < -0.39 is 0 Å². The van der Waals surface area contributed by atoms with Crippen LogP contribution in [0.1, 0.15) is 6.92 Å². The fourth-order valence-corrected chi connectivity index (χ4v) is 1.80. The molecule has 0 saturated carbocycles. The number of hydrogen-bond donors (Lipinski definition) is 2. The third-order valence-corrected chi connectivity index (χ3v) is 2.64. The molecule has 5 nitrogen and oxygen atoms in total. The van der Waals surface area contributed by atoms with Crippen molar-refractivity contribution in [2.45, 2.75) is 6.92 Å². The summed E-state index contributed by atoms with van der Waals surface area (Å²) in [5.41, 5.74) is 2.12. The quantitative estimate of drug-likeness (QED) is 0.862. The van der Waals surface area contributed by atoms with Gasteiger partial charge in [-0.05, 0) is 19.1 Å². The zero-order valence-corrected chi connectivity index (χ0v) is 11.5. The van der Waals surface area contributed by atoms with Gasteiger partial charge < -0.3 is 15.5 Å². The second-order valence-corrected chi connectivity index (χ2v) is 4.36. The summed E-state index contributed by atoms with van der Waals surface area (Å²) >= 11 is 0. The first-order valence-electron chi connectivity index (χ1n) is 6.30. The highest BCUT2D eigenvalue weighted by atomic mass is 15.1. The Balaban J connectivity index is 2.23. The highest BCUT2D eigenvalue weighted by Gasteiger charge is 2.05. The molecule has 0 atom stereocenters. The molecule has 0 spiro atoms. The summed E-state index contributed by atoms with van der Waals surface area (Å²) in [5.74, 6) is 1.50. The minimum Gasteiger partial charge on any atom is -0.376 e. The van der Waals surface area contributed by atoms with Gasteiger partial charge in [0.05, 0.1) is 23.8 Å². The van der Waals surface area contributed by atoms with Gasteiger partial charge in [0.2, 0.25) is 0 Å². The number of nitrogens with zero attached hydrogens (tertiary/aromatic N) is 3. The molecule has 0 bridgehead atoms. The minimum atomic E-state index is 0.729. The van der Waals surface area contributed by atoms with Crippen molar-refractivity contribution < 1.29 is 0 Å². The van der Waals surface area contributed by atoms with Crippen LogP contribution in [0.25, 0.3) is 0 Å². The third kappa shape index (κ3) is 3.34. The summed E-state index contributed by atoms with van der Waals surface area (Å²) in [7, 11) is 4.03. The number of para-hydroxylation sites is 2. The van der Waals surface area contributed by atoms with Crippen molar-refractivity contribution in [1.29, 1.82) is 0 Å². The number of hydrogen-bond acceptors (Lipinski definition) is 5. The molecule has 2 N–H and O–H groups in total. The molecule has 1 heterocycles. The Morgan fingerprint density at radius 1 is 1.11 bits per heavy atom. The van der Waals surface area contributed by atoms with Crippen LogP contribution in [-0.4, -0.2) is 30.6 Å². The van der Waals surface area contributed by atoms with Crippen LogP contribution >= 0.6 is 0 Å². The fourth-order valence-electron chi connectivity index (χ4n) is 1.80. The third-order valence-electron chi connectivity index (χ3n) is 2.64. The van der Waals surface area contributed by atoms with Crippen LogP contribution in [0.5, 0.6) is 0 Å². The van der Waals surface area contributed by atoms with E-state index in [2.05, 4.69) is 31.6 Å². The van der Waals surface area contributed by atoms with Gasteiger partial charge in [0.15, 0.2) is 5.82 Å². The second-order valence-electron chi connectivity index (χ2n) is 4.36. The van der Waals surface area contributed by atoms with Gasteiger partial charge in [0, 0.05) is 20.6 Å². The van der Waals surface area contributed by atoms with E-state index in [1.807, 2.05) is 39.2 Å². The van der Waals surface area contributed by atoms with Crippen molar-refractivity contribution in [3.63, 3.8) is 0 Å². The van der Waals surface area contributed by atoms with E-state index in [4.69, 9.17) is 0 Å². The lowest BCUT2D eigenvalue weighted by Gasteiger charge is -2.18. The summed E-state index contributed by atoms with van der Waals surface area (Å²) in [5, 5.41) is 6.44. The maximum Gasteiger partial charge on any atom is 0.151 e. The Kier molecular flexibility index (Phi) is 4.18. The Bertz CT molecular complexity index is 539. The van der Waals surface area contributed by atoms with Crippen molar-refractivity contribution in [3.8, 4) is 0 Å². The zero-order chi connectivity index (χ0) is 13.7. The average molecular weight is 257 g/mol. The molecule has 0 aliphatic rings. The molecule has 0 fully saturated rings. The van der Waals surface area contributed by atoms with Gasteiger partial charge in [-0.2, -0.15) is 0 Å². The monoisotopic (exact) mass is 257 g/mol. The van der Waals surface area contributed by atoms with Crippen LogP contribution in [0.15, 0.2) is 36.7 Å². The molecule has 0 radical (unpaired) electrons. The Morgan fingerprint density at radius 2 is 1.84 bits per heavy atom. The van der Waals surface area contributed by atoms with Crippen molar-refractivity contribution in [3.05, 3.63) is 36.7 Å². The van der Waals surface area contributed by atoms with E-state index in [9.17, 15) is 0 Å². The molecule has 5 heteroatoms. The second kappa shape index (κ2) is 6.04. The topological polar surface area (TPSA) is 53.1 Å². The normalized spacial score (nSPS) is 10.1. The summed E-state index contributed by atoms with van der Waals surface area (Å²) in [6, 6.07) is 8.10. The SMILES string of the molecule is CCNc1cncc(Nc2ccccc2N(C)C)n1. The maximum atomic E-state index is 4.45. The number of nitrogens with one attached hydrogen (secondary N) is 2. The molecule has 0 aliphatic heterocycles. The molecule has 0 unspecified atom stereocenters. The fraction of sp³-hybridized carbons (Fsp3) is 0.286. The molecule has 1 aromatic heterocycles. The summed E-state index contributed by atoms with van der Waals surface area (Å²) in [6.07, 6.45) is 3.43. The van der Waals surface area contributed by atoms with Crippen LogP contribution in [0, 0.1) is 0 Å². The van der Waals surface area contributed by atoms with Gasteiger partial charge in [0.1, 0.15) is 5.82 Å². The Morgan fingerprint density at radius 3 is 2.58 bits per heavy atom. The molecule has 0 amide bonds. The summed E-state index contributed by atoms with van der Waals surface area (Å²) < 4.78 is 0. The van der Waals surface area contributed by atoms with Gasteiger partial charge in [0.25, 0.3) is 0 Å². The van der Waals surface area contributed by atoms with Crippen molar-refractivity contribution in [2.75, 3.05) is 36.2 Å². The highest BCUT2D eigenvalue weighted by Crippen LogP contribution is 2.26. The van der Waals surface area contributed by atoms with E-state index in [-0.39, 0.29) is 0 Å². The first-order valence-corrected chi connectivity index (χ1v) is 6.30. The number of benzene rings is 1. The molecule has 19 heavy (non-hydrogen) atoms. The summed E-state index contributed by atoms with van der Waals surface area (Å²) in [4.78, 5) is 10.7. The number of aromatic nitrogens is 2. The number of anilines is 4. The zero-order valence-electron chi connectivity index (χ0n) is 11.5. The van der Waals surface area contributed by atoms with Gasteiger partial charge >= 0.3 is 0 Å². The van der Waals surface area contributed by atoms with Crippen LogP contribution in [-0.2, 0) is 0 Å². The van der Waals surface area contributed by atoms with Crippen molar-refractivity contribution in [2.24, 2.45) is 0 Å². The van der Waals surface area contributed by atoms with Gasteiger partial charge in [-0.1, -0.05) is 12.1 Å². The minimum absolute atomic E-state index is 0.729. The lowest BCUT2D eigenvalue weighted by molar-refractivity contribution is 1.11. The summed E-state index contributed by atoms with van der Waals surface area (Å²) in [6.45, 7) is 2.86. The lowest BCUT2D eigenvalue weighted by atomic mass is 10.2. The molecule has 100 valence electrons. The predicted octanol–water partition coefficient (Wildman–Crippen LogP) is 2.72. The molecule has 2 rings (SSSR count). The molecular weight excluding hydrogens is 238 g/mol. The van der Waals surface area contributed by atoms with Crippen LogP contribution < -0.4 is 15.5 Å². The average Bonchev–Trinajstić information content (AvgIpc) is 2.40. The molecular formula is C14H19N5. The standard InChI is InChI=1S/C14H19N5/c1-4-16-13-9-15-10-14(18-13)17-11-7-5-6-8-12(11)19(2)3/h5-10H,4H2,1-3H3,(H2,16,17,18). The van der Waals surface area contributed by atoms with Crippen LogP contribution in [0.3, 0.4) is 0 Å². The van der Waals surface area contributed by atoms with Gasteiger partial charge in [-0.25, -0.2) is 4.98 Å². The highest BCUT2D eigenvalue weighted by molar-refractivity contribution is 5.73. The van der Waals surface area contributed by atoms with Crippen LogP contribution in [0.4, 0.5) is 23.0 Å². The van der Waals surface area contributed by atoms with Crippen molar-refractivity contribution >= 4 is 23.0 Å². The molecule has 1 aromatic carbocycles. The first kappa shape index (κ1) is 13.1. The predicted molar refractivity (Wildman–Crippen MR) is 80.2 cm³/mol. The van der Waals surface area contributed by atoms with E-state index in [1.165, 1.54) is 0 Å². The van der Waals surface area contributed by atoms with E-state index in [0.29, 0.717) is 0 Å². The largest absolute Gasteiger partial charge is 0.376 e. The lowest BCUT2D eigenvalue weighted by Crippen LogP contribution is -2.11. The van der Waals surface area contributed by atoms with Gasteiger partial charge in [-0.15, -0.1) is 0 Å². The van der Waals surface area contributed by atoms with Crippen molar-refractivity contribution in [1.82, 2.24) is 9.97 Å². The number of rotatable bonds is 5. The maximum absolute atomic E-state index is 4.45. The van der Waals surface area contributed by atoms with E-state index in [0.717, 1.165) is 29.6 Å². The van der Waals surface area contributed by atoms with Crippen LogP contribution in [0.2, 0.25) is 0 Å². The smallest absolute Gasteiger partial charge is 0.151 e. The molecule has 2 aromatic rings. The Labute approximate surface area is 113 Å². The molecule has 0 aliphatic carbocycles. The first-order chi connectivity index (χ1) is 9.20. The van der Waals surface area contributed by atoms with Gasteiger partial charge in [-0.3, -0.25) is 4.98 Å². The molecule has 0 saturated heterocycles. The van der Waals surface area contributed by atoms with E-state index in [1.54, 1.807) is 12.4 Å². The Hall–Kier alpha value is -2.30. The van der Waals surface area contributed by atoms with E-state index >= 15 is 0 Å².